The first-order valence-corrected chi connectivity index (χ1v) is 8.88. The van der Waals surface area contributed by atoms with Crippen molar-refractivity contribution in [3.8, 4) is 0 Å². The predicted octanol–water partition coefficient (Wildman–Crippen LogP) is 3.23. The summed E-state index contributed by atoms with van der Waals surface area (Å²) in [6.45, 7) is 12.9. The lowest BCUT2D eigenvalue weighted by Crippen LogP contribution is -2.40. The van der Waals surface area contributed by atoms with Crippen molar-refractivity contribution in [3.63, 3.8) is 0 Å². The maximum atomic E-state index is 12.2. The van der Waals surface area contributed by atoms with E-state index < -0.39 is 21.5 Å². The topological polar surface area (TPSA) is 90.0 Å². The molecule has 1 heterocycles. The van der Waals surface area contributed by atoms with Crippen molar-refractivity contribution in [1.82, 2.24) is 14.9 Å². The molecule has 1 amide bonds. The van der Waals surface area contributed by atoms with Gasteiger partial charge in [0.2, 0.25) is 5.91 Å². The summed E-state index contributed by atoms with van der Waals surface area (Å²) in [5.41, 5.74) is 0.0856. The Kier molecular flexibility index (Phi) is 6.43. The summed E-state index contributed by atoms with van der Waals surface area (Å²) in [5.74, 6) is 0.151. The zero-order valence-corrected chi connectivity index (χ0v) is 16.2. The highest BCUT2D eigenvalue weighted by Crippen LogP contribution is 2.26. The van der Waals surface area contributed by atoms with E-state index >= 15 is 0 Å². The number of aromatic nitrogens is 2. The molecule has 0 bridgehead atoms. The molecule has 0 radical (unpaired) electrons. The molecule has 0 fully saturated rings. The summed E-state index contributed by atoms with van der Waals surface area (Å²) in [5, 5.41) is 10.7. The standard InChI is InChI=1S/C15H25ClN4O2S/c1-9(20-23(22)15(5,6)7)10-8-11(18-19-12(10)16)17-13(21)14(2,3)4/h8-9,20H,1-7H3,(H,17,18,21)/t9?,23-/m0/s1. The molecule has 23 heavy (non-hydrogen) atoms. The molecular formula is C15H25ClN4O2S. The average Bonchev–Trinajstić information content (AvgIpc) is 2.38. The summed E-state index contributed by atoms with van der Waals surface area (Å²) in [6.07, 6.45) is 0. The van der Waals surface area contributed by atoms with Crippen LogP contribution in [-0.2, 0) is 16.2 Å². The van der Waals surface area contributed by atoms with E-state index in [1.54, 1.807) is 6.07 Å². The second kappa shape index (κ2) is 7.34. The van der Waals surface area contributed by atoms with Crippen LogP contribution in [0.25, 0.3) is 0 Å². The number of rotatable bonds is 4. The second-order valence-electron chi connectivity index (χ2n) is 7.40. The molecule has 8 heteroatoms. The molecule has 2 atom stereocenters. The molecule has 2 N–H and O–H groups in total. The number of carbonyl (C=O) groups is 1. The van der Waals surface area contributed by atoms with E-state index in [4.69, 9.17) is 11.6 Å². The molecule has 130 valence electrons. The zero-order chi connectivity index (χ0) is 18.0. The summed E-state index contributed by atoms with van der Waals surface area (Å²) in [7, 11) is 0. The van der Waals surface area contributed by atoms with Crippen molar-refractivity contribution in [2.45, 2.75) is 59.3 Å². The van der Waals surface area contributed by atoms with Crippen LogP contribution >= 0.6 is 11.6 Å². The molecule has 0 spiro atoms. The van der Waals surface area contributed by atoms with Crippen molar-refractivity contribution in [3.05, 3.63) is 16.8 Å². The van der Waals surface area contributed by atoms with Crippen molar-refractivity contribution in [1.29, 1.82) is 0 Å². The molecule has 0 aliphatic heterocycles. The highest BCUT2D eigenvalue weighted by atomic mass is 35.5. The third-order valence-electron chi connectivity index (χ3n) is 3.01. The van der Waals surface area contributed by atoms with Crippen LogP contribution in [0.1, 0.15) is 60.1 Å². The van der Waals surface area contributed by atoms with Crippen molar-refractivity contribution in [2.24, 2.45) is 5.41 Å². The number of anilines is 1. The van der Waals surface area contributed by atoms with Gasteiger partial charge in [0.25, 0.3) is 0 Å². The van der Waals surface area contributed by atoms with Crippen LogP contribution in [0.4, 0.5) is 5.82 Å². The largest absolute Gasteiger partial charge is 0.598 e. The fourth-order valence-electron chi connectivity index (χ4n) is 1.46. The average molecular weight is 361 g/mol. The van der Waals surface area contributed by atoms with Gasteiger partial charge in [0, 0.05) is 22.3 Å². The van der Waals surface area contributed by atoms with E-state index in [1.807, 2.05) is 48.5 Å². The molecule has 1 unspecified atom stereocenters. The van der Waals surface area contributed by atoms with Crippen molar-refractivity contribution < 1.29 is 9.35 Å². The van der Waals surface area contributed by atoms with E-state index in [0.717, 1.165) is 0 Å². The number of amides is 1. The van der Waals surface area contributed by atoms with Crippen LogP contribution in [0.5, 0.6) is 0 Å². The van der Waals surface area contributed by atoms with Gasteiger partial charge < -0.3 is 9.87 Å². The summed E-state index contributed by atoms with van der Waals surface area (Å²) >= 11 is 4.84. The van der Waals surface area contributed by atoms with Gasteiger partial charge in [0.05, 0.1) is 6.04 Å². The minimum Gasteiger partial charge on any atom is -0.598 e. The van der Waals surface area contributed by atoms with Crippen LogP contribution in [0, 0.1) is 5.41 Å². The highest BCUT2D eigenvalue weighted by Gasteiger charge is 2.29. The van der Waals surface area contributed by atoms with Gasteiger partial charge in [0.1, 0.15) is 4.75 Å². The molecule has 0 aromatic carbocycles. The molecular weight excluding hydrogens is 336 g/mol. The Labute approximate surface area is 146 Å². The zero-order valence-electron chi connectivity index (χ0n) is 14.7. The first kappa shape index (κ1) is 20.2. The van der Waals surface area contributed by atoms with Crippen LogP contribution in [0.2, 0.25) is 5.15 Å². The lowest BCUT2D eigenvalue weighted by Gasteiger charge is -2.26. The molecule has 6 nitrogen and oxygen atoms in total. The Morgan fingerprint density at radius 2 is 1.83 bits per heavy atom. The maximum Gasteiger partial charge on any atom is 0.230 e. The smallest absolute Gasteiger partial charge is 0.230 e. The van der Waals surface area contributed by atoms with Crippen molar-refractivity contribution in [2.75, 3.05) is 5.32 Å². The second-order valence-corrected chi connectivity index (χ2v) is 9.76. The molecule has 1 aromatic rings. The molecule has 0 saturated carbocycles. The number of carbonyl (C=O) groups excluding carboxylic acids is 1. The molecule has 0 saturated heterocycles. The number of nitrogens with zero attached hydrogens (tertiary/aromatic N) is 2. The minimum atomic E-state index is -1.25. The maximum absolute atomic E-state index is 12.2. The fraction of sp³-hybridized carbons (Fsp3) is 0.667. The summed E-state index contributed by atoms with van der Waals surface area (Å²) < 4.78 is 14.8. The van der Waals surface area contributed by atoms with Crippen LogP contribution < -0.4 is 10.0 Å². The SMILES string of the molecule is CC(N[S@@+]([O-])C(C)(C)C)c1cc(NC(=O)C(C)(C)C)nnc1Cl. The summed E-state index contributed by atoms with van der Waals surface area (Å²) in [4.78, 5) is 12.0. The molecule has 0 aliphatic rings. The fourth-order valence-corrected chi connectivity index (χ4v) is 2.52. The molecule has 0 aliphatic carbocycles. The van der Waals surface area contributed by atoms with Gasteiger partial charge >= 0.3 is 0 Å². The quantitative estimate of drug-likeness (QED) is 0.804. The highest BCUT2D eigenvalue weighted by molar-refractivity contribution is 7.90. The Balaban J connectivity index is 2.95. The van der Waals surface area contributed by atoms with Crippen LogP contribution in [-0.4, -0.2) is 25.4 Å². The lowest BCUT2D eigenvalue weighted by atomic mass is 9.96. The number of hydrogen-bond acceptors (Lipinski definition) is 5. The Hall–Kier alpha value is -0.890. The number of nitrogens with one attached hydrogen (secondary N) is 2. The normalized spacial score (nSPS) is 15.2. The van der Waals surface area contributed by atoms with E-state index in [2.05, 4.69) is 20.2 Å². The predicted molar refractivity (Wildman–Crippen MR) is 94.6 cm³/mol. The van der Waals surface area contributed by atoms with Gasteiger partial charge in [-0.15, -0.1) is 14.9 Å². The number of hydrogen-bond donors (Lipinski definition) is 2. The van der Waals surface area contributed by atoms with Gasteiger partial charge in [-0.05, 0) is 33.8 Å². The summed E-state index contributed by atoms with van der Waals surface area (Å²) in [6, 6.07) is 1.35. The molecule has 1 rings (SSSR count). The minimum absolute atomic E-state index is 0.168. The monoisotopic (exact) mass is 360 g/mol. The van der Waals surface area contributed by atoms with Gasteiger partial charge in [0.15, 0.2) is 11.0 Å². The van der Waals surface area contributed by atoms with Crippen LogP contribution in [0.3, 0.4) is 0 Å². The molecule has 1 aromatic heterocycles. The van der Waals surface area contributed by atoms with E-state index in [0.29, 0.717) is 11.4 Å². The Morgan fingerprint density at radius 1 is 1.26 bits per heavy atom. The van der Waals surface area contributed by atoms with E-state index in [1.165, 1.54) is 0 Å². The van der Waals surface area contributed by atoms with E-state index in [9.17, 15) is 9.35 Å². The lowest BCUT2D eigenvalue weighted by molar-refractivity contribution is -0.123. The first-order valence-electron chi connectivity index (χ1n) is 7.35. The first-order chi connectivity index (χ1) is 10.3. The third kappa shape index (κ3) is 5.91. The van der Waals surface area contributed by atoms with Gasteiger partial charge in [-0.3, -0.25) is 4.79 Å². The van der Waals surface area contributed by atoms with Gasteiger partial charge in [-0.25, -0.2) is 0 Å². The van der Waals surface area contributed by atoms with Gasteiger partial charge in [-0.1, -0.05) is 32.4 Å². The van der Waals surface area contributed by atoms with Gasteiger partial charge in [-0.2, -0.15) is 0 Å². The Morgan fingerprint density at radius 3 is 2.30 bits per heavy atom. The van der Waals surface area contributed by atoms with Crippen molar-refractivity contribution >= 4 is 34.7 Å². The Bertz CT molecular complexity index is 570. The van der Waals surface area contributed by atoms with E-state index in [-0.39, 0.29) is 17.1 Å². The third-order valence-corrected chi connectivity index (χ3v) is 4.98. The number of halogens is 1. The van der Waals surface area contributed by atoms with Crippen LogP contribution in [0.15, 0.2) is 6.07 Å².